The Balaban J connectivity index is 1.88. The fourth-order valence-corrected chi connectivity index (χ4v) is 3.61. The molecule has 0 aromatic carbocycles. The average molecular weight is 277 g/mol. The van der Waals surface area contributed by atoms with E-state index in [9.17, 15) is 0 Å². The summed E-state index contributed by atoms with van der Waals surface area (Å²) in [7, 11) is 2.24. The number of aliphatic hydroxyl groups excluding tert-OH is 1. The second-order valence-electron chi connectivity index (χ2n) is 5.59. The topological polar surface area (TPSA) is 23.5 Å². The zero-order valence-corrected chi connectivity index (χ0v) is 12.7. The summed E-state index contributed by atoms with van der Waals surface area (Å²) in [6.45, 7) is 3.32. The van der Waals surface area contributed by atoms with Crippen LogP contribution in [0.25, 0.3) is 0 Å². The molecule has 0 amide bonds. The number of nitrogens with zero attached hydrogens (tertiary/aromatic N) is 1. The Bertz CT molecular complexity index is 449. The van der Waals surface area contributed by atoms with Crippen LogP contribution in [0.3, 0.4) is 0 Å². The maximum absolute atomic E-state index is 8.69. The van der Waals surface area contributed by atoms with E-state index in [-0.39, 0.29) is 6.61 Å². The van der Waals surface area contributed by atoms with Gasteiger partial charge in [-0.05, 0) is 44.7 Å². The number of rotatable bonds is 3. The third kappa shape index (κ3) is 4.35. The third-order valence-corrected chi connectivity index (χ3v) is 4.90. The van der Waals surface area contributed by atoms with Crippen LogP contribution in [0.2, 0.25) is 0 Å². The van der Waals surface area contributed by atoms with Gasteiger partial charge in [-0.1, -0.05) is 18.8 Å². The summed E-state index contributed by atoms with van der Waals surface area (Å²) in [6, 6.07) is 2.89. The van der Waals surface area contributed by atoms with E-state index in [1.54, 1.807) is 11.3 Å². The van der Waals surface area contributed by atoms with E-state index in [2.05, 4.69) is 42.2 Å². The Labute approximate surface area is 120 Å². The van der Waals surface area contributed by atoms with Gasteiger partial charge >= 0.3 is 0 Å². The summed E-state index contributed by atoms with van der Waals surface area (Å²) >= 11 is 1.77. The minimum absolute atomic E-state index is 0.0641. The minimum atomic E-state index is -0.0641. The Morgan fingerprint density at radius 1 is 1.37 bits per heavy atom. The molecule has 1 aromatic rings. The van der Waals surface area contributed by atoms with Gasteiger partial charge in [0.1, 0.15) is 6.61 Å². The van der Waals surface area contributed by atoms with Crippen LogP contribution in [0, 0.1) is 17.8 Å². The summed E-state index contributed by atoms with van der Waals surface area (Å²) in [5.41, 5.74) is 1.03. The van der Waals surface area contributed by atoms with Crippen LogP contribution in [0.4, 0.5) is 0 Å². The second-order valence-corrected chi connectivity index (χ2v) is 6.59. The maximum Gasteiger partial charge on any atom is 0.104 e. The minimum Gasteiger partial charge on any atom is -0.384 e. The van der Waals surface area contributed by atoms with Crippen molar-refractivity contribution in [2.24, 2.45) is 5.92 Å². The van der Waals surface area contributed by atoms with Crippen molar-refractivity contribution in [3.8, 4) is 11.8 Å². The highest BCUT2D eigenvalue weighted by Gasteiger charge is 2.21. The molecule has 2 rings (SSSR count). The molecule has 104 valence electrons. The molecule has 1 aromatic heterocycles. The van der Waals surface area contributed by atoms with Gasteiger partial charge in [-0.25, -0.2) is 0 Å². The van der Waals surface area contributed by atoms with Crippen LogP contribution in [-0.2, 0) is 6.54 Å². The summed E-state index contributed by atoms with van der Waals surface area (Å²) in [5, 5.41) is 10.8. The highest BCUT2D eigenvalue weighted by atomic mass is 32.1. The Kier molecular flexibility index (Phi) is 5.45. The lowest BCUT2D eigenvalue weighted by Gasteiger charge is -2.33. The standard InChI is InChI=1S/C16H23NOS/c1-13-5-7-15(8-6-13)17(2)11-16-10-14(12-19-16)4-3-9-18/h10,12-13,15,18H,5-9,11H2,1-2H3. The molecule has 1 N–H and O–H groups in total. The predicted octanol–water partition coefficient (Wildman–Crippen LogP) is 3.10. The largest absolute Gasteiger partial charge is 0.384 e. The molecule has 0 bridgehead atoms. The van der Waals surface area contributed by atoms with Gasteiger partial charge < -0.3 is 5.11 Å². The fraction of sp³-hybridized carbons (Fsp3) is 0.625. The summed E-state index contributed by atoms with van der Waals surface area (Å²) in [6.07, 6.45) is 5.40. The molecule has 0 saturated heterocycles. The SMILES string of the molecule is CC1CCC(N(C)Cc2cc(C#CCO)cs2)CC1. The Hall–Kier alpha value is -0.820. The zero-order valence-electron chi connectivity index (χ0n) is 11.9. The van der Waals surface area contributed by atoms with Crippen LogP contribution in [0.5, 0.6) is 0 Å². The molecule has 0 spiro atoms. The van der Waals surface area contributed by atoms with E-state index in [1.165, 1.54) is 30.6 Å². The molecule has 1 heterocycles. The predicted molar refractivity (Wildman–Crippen MR) is 81.2 cm³/mol. The molecule has 1 saturated carbocycles. The van der Waals surface area contributed by atoms with Gasteiger partial charge in [0.15, 0.2) is 0 Å². The molecule has 3 heteroatoms. The van der Waals surface area contributed by atoms with Crippen LogP contribution in [-0.4, -0.2) is 29.7 Å². The molecule has 0 atom stereocenters. The van der Waals surface area contributed by atoms with Gasteiger partial charge in [0, 0.05) is 28.4 Å². The lowest BCUT2D eigenvalue weighted by atomic mass is 9.87. The molecule has 1 aliphatic rings. The lowest BCUT2D eigenvalue weighted by Crippen LogP contribution is -2.34. The first-order chi connectivity index (χ1) is 9.19. The Morgan fingerprint density at radius 3 is 2.79 bits per heavy atom. The first kappa shape index (κ1) is 14.6. The molecule has 1 aliphatic carbocycles. The van der Waals surface area contributed by atoms with Crippen molar-refractivity contribution in [1.29, 1.82) is 0 Å². The highest BCUT2D eigenvalue weighted by molar-refractivity contribution is 7.10. The molecule has 0 aliphatic heterocycles. The normalized spacial score (nSPS) is 23.2. The van der Waals surface area contributed by atoms with E-state index in [0.717, 1.165) is 24.1 Å². The van der Waals surface area contributed by atoms with Crippen molar-refractivity contribution in [3.05, 3.63) is 21.9 Å². The van der Waals surface area contributed by atoms with E-state index in [4.69, 9.17) is 5.11 Å². The molecule has 19 heavy (non-hydrogen) atoms. The van der Waals surface area contributed by atoms with Crippen molar-refractivity contribution in [1.82, 2.24) is 4.90 Å². The van der Waals surface area contributed by atoms with Gasteiger partial charge in [-0.3, -0.25) is 4.90 Å². The average Bonchev–Trinajstić information content (AvgIpc) is 2.84. The number of aliphatic hydroxyl groups is 1. The molecule has 1 fully saturated rings. The van der Waals surface area contributed by atoms with E-state index < -0.39 is 0 Å². The van der Waals surface area contributed by atoms with Crippen molar-refractivity contribution < 1.29 is 5.11 Å². The van der Waals surface area contributed by atoms with Gasteiger partial charge in [0.05, 0.1) is 0 Å². The van der Waals surface area contributed by atoms with Gasteiger partial charge in [0.25, 0.3) is 0 Å². The van der Waals surface area contributed by atoms with Crippen LogP contribution in [0.15, 0.2) is 11.4 Å². The first-order valence-electron chi connectivity index (χ1n) is 7.06. The smallest absolute Gasteiger partial charge is 0.104 e. The summed E-state index contributed by atoms with van der Waals surface area (Å²) in [4.78, 5) is 3.85. The second kappa shape index (κ2) is 7.09. The zero-order chi connectivity index (χ0) is 13.7. The molecular weight excluding hydrogens is 254 g/mol. The summed E-state index contributed by atoms with van der Waals surface area (Å²) in [5.74, 6) is 6.57. The van der Waals surface area contributed by atoms with Crippen LogP contribution >= 0.6 is 11.3 Å². The lowest BCUT2D eigenvalue weighted by molar-refractivity contribution is 0.165. The van der Waals surface area contributed by atoms with E-state index in [1.807, 2.05) is 0 Å². The van der Waals surface area contributed by atoms with Gasteiger partial charge in [-0.2, -0.15) is 0 Å². The van der Waals surface area contributed by atoms with Crippen molar-refractivity contribution in [2.75, 3.05) is 13.7 Å². The monoisotopic (exact) mass is 277 g/mol. The third-order valence-electron chi connectivity index (χ3n) is 3.98. The summed E-state index contributed by atoms with van der Waals surface area (Å²) < 4.78 is 0. The van der Waals surface area contributed by atoms with Crippen LogP contribution < -0.4 is 0 Å². The molecule has 2 nitrogen and oxygen atoms in total. The van der Waals surface area contributed by atoms with Crippen molar-refractivity contribution >= 4 is 11.3 Å². The molecular formula is C16H23NOS. The van der Waals surface area contributed by atoms with E-state index in [0.29, 0.717) is 0 Å². The van der Waals surface area contributed by atoms with Gasteiger partial charge in [0.2, 0.25) is 0 Å². The quantitative estimate of drug-likeness (QED) is 0.858. The maximum atomic E-state index is 8.69. The fourth-order valence-electron chi connectivity index (χ4n) is 2.73. The molecule has 0 unspecified atom stereocenters. The molecule has 0 radical (unpaired) electrons. The van der Waals surface area contributed by atoms with Gasteiger partial charge in [-0.15, -0.1) is 11.3 Å². The highest BCUT2D eigenvalue weighted by Crippen LogP contribution is 2.28. The number of thiophene rings is 1. The van der Waals surface area contributed by atoms with E-state index >= 15 is 0 Å². The van der Waals surface area contributed by atoms with Crippen molar-refractivity contribution in [2.45, 2.75) is 45.2 Å². The number of hydrogen-bond acceptors (Lipinski definition) is 3. The van der Waals surface area contributed by atoms with Crippen LogP contribution in [0.1, 0.15) is 43.0 Å². The first-order valence-corrected chi connectivity index (χ1v) is 7.94. The van der Waals surface area contributed by atoms with Crippen molar-refractivity contribution in [3.63, 3.8) is 0 Å². The number of hydrogen-bond donors (Lipinski definition) is 1. The Morgan fingerprint density at radius 2 is 2.11 bits per heavy atom.